The monoisotopic (exact) mass is 524 g/mol. The molecule has 2 aromatic rings. The normalized spacial score (nSPS) is 24.1. The van der Waals surface area contributed by atoms with Crippen LogP contribution in [0.25, 0.3) is 0 Å². The number of rotatable bonds is 8. The summed E-state index contributed by atoms with van der Waals surface area (Å²) in [5, 5.41) is 10.8. The predicted octanol–water partition coefficient (Wildman–Crippen LogP) is 3.09. The molecule has 2 saturated heterocycles. The number of amides is 2. The summed E-state index contributed by atoms with van der Waals surface area (Å²) < 4.78 is 15.4. The Balaban J connectivity index is 1.44. The molecule has 38 heavy (non-hydrogen) atoms. The van der Waals surface area contributed by atoms with Crippen molar-refractivity contribution in [2.24, 2.45) is 5.92 Å². The van der Waals surface area contributed by atoms with Gasteiger partial charge < -0.3 is 15.5 Å². The van der Waals surface area contributed by atoms with Crippen LogP contribution in [0.5, 0.6) is 0 Å². The summed E-state index contributed by atoms with van der Waals surface area (Å²) in [7, 11) is 1.76. The fourth-order valence-corrected chi connectivity index (χ4v) is 6.47. The first kappa shape index (κ1) is 26.8. The van der Waals surface area contributed by atoms with E-state index < -0.39 is 6.04 Å². The van der Waals surface area contributed by atoms with Gasteiger partial charge in [-0.2, -0.15) is 5.10 Å². The van der Waals surface area contributed by atoms with Gasteiger partial charge in [-0.05, 0) is 75.9 Å². The van der Waals surface area contributed by atoms with E-state index in [1.54, 1.807) is 25.4 Å². The van der Waals surface area contributed by atoms with Crippen LogP contribution in [0.3, 0.4) is 0 Å². The Hall–Kier alpha value is -2.78. The van der Waals surface area contributed by atoms with Gasteiger partial charge in [0.2, 0.25) is 11.8 Å². The molecule has 3 aliphatic rings. The SMILES string of the molecule is CN[C@@H](C)C(=O)N[C@H](C(=O)N1C[C@H]2CCCN2C[C@H]1c1ccnn1Cc1ccc(F)cc1)C1CCCCC1. The van der Waals surface area contributed by atoms with Crippen molar-refractivity contribution in [3.63, 3.8) is 0 Å². The summed E-state index contributed by atoms with van der Waals surface area (Å²) in [5.74, 6) is -0.217. The topological polar surface area (TPSA) is 82.5 Å². The van der Waals surface area contributed by atoms with E-state index in [0.717, 1.165) is 62.9 Å². The zero-order chi connectivity index (χ0) is 26.6. The van der Waals surface area contributed by atoms with Crippen LogP contribution in [-0.4, -0.2) is 76.2 Å². The molecule has 3 fully saturated rings. The zero-order valence-corrected chi connectivity index (χ0v) is 22.6. The molecule has 1 aromatic carbocycles. The van der Waals surface area contributed by atoms with Crippen molar-refractivity contribution in [1.29, 1.82) is 0 Å². The molecule has 4 atom stereocenters. The van der Waals surface area contributed by atoms with Gasteiger partial charge in [0.25, 0.3) is 0 Å². The summed E-state index contributed by atoms with van der Waals surface area (Å²) in [4.78, 5) is 32.0. The first-order valence-electron chi connectivity index (χ1n) is 14.2. The second-order valence-electron chi connectivity index (χ2n) is 11.2. The molecule has 3 heterocycles. The fourth-order valence-electron chi connectivity index (χ4n) is 6.47. The number of fused-ring (bicyclic) bond motifs is 1. The van der Waals surface area contributed by atoms with Crippen LogP contribution in [-0.2, 0) is 16.1 Å². The van der Waals surface area contributed by atoms with Gasteiger partial charge in [-0.25, -0.2) is 4.39 Å². The molecule has 1 saturated carbocycles. The Morgan fingerprint density at radius 2 is 1.82 bits per heavy atom. The number of benzene rings is 1. The van der Waals surface area contributed by atoms with E-state index in [4.69, 9.17) is 0 Å². The number of hydrogen-bond acceptors (Lipinski definition) is 5. The van der Waals surface area contributed by atoms with Crippen molar-refractivity contribution in [2.45, 2.75) is 82.6 Å². The lowest BCUT2D eigenvalue weighted by atomic mass is 9.82. The average Bonchev–Trinajstić information content (AvgIpc) is 3.60. The first-order valence-corrected chi connectivity index (χ1v) is 14.2. The number of piperazine rings is 1. The van der Waals surface area contributed by atoms with Crippen molar-refractivity contribution in [1.82, 2.24) is 30.2 Å². The lowest BCUT2D eigenvalue weighted by Gasteiger charge is -2.46. The van der Waals surface area contributed by atoms with Crippen LogP contribution in [0.15, 0.2) is 36.5 Å². The van der Waals surface area contributed by atoms with Crippen molar-refractivity contribution < 1.29 is 14.0 Å². The van der Waals surface area contributed by atoms with Crippen LogP contribution in [0.2, 0.25) is 0 Å². The Labute approximate surface area is 224 Å². The Morgan fingerprint density at radius 3 is 2.55 bits per heavy atom. The number of halogens is 1. The van der Waals surface area contributed by atoms with Crippen LogP contribution >= 0.6 is 0 Å². The van der Waals surface area contributed by atoms with Gasteiger partial charge in [-0.15, -0.1) is 0 Å². The quantitative estimate of drug-likeness (QED) is 0.555. The summed E-state index contributed by atoms with van der Waals surface area (Å²) in [6, 6.07) is 7.78. The number of aromatic nitrogens is 2. The number of nitrogens with zero attached hydrogens (tertiary/aromatic N) is 4. The molecule has 0 bridgehead atoms. The Kier molecular flexibility index (Phi) is 8.43. The van der Waals surface area contributed by atoms with Crippen LogP contribution in [0.4, 0.5) is 4.39 Å². The summed E-state index contributed by atoms with van der Waals surface area (Å²) >= 11 is 0. The van der Waals surface area contributed by atoms with Crippen LogP contribution in [0, 0.1) is 11.7 Å². The molecule has 8 nitrogen and oxygen atoms in total. The minimum Gasteiger partial charge on any atom is -0.343 e. The zero-order valence-electron chi connectivity index (χ0n) is 22.6. The summed E-state index contributed by atoms with van der Waals surface area (Å²) in [5.41, 5.74) is 1.93. The molecule has 2 amide bonds. The third-order valence-corrected chi connectivity index (χ3v) is 8.82. The lowest BCUT2D eigenvalue weighted by molar-refractivity contribution is -0.144. The highest BCUT2D eigenvalue weighted by Gasteiger charge is 2.44. The number of hydrogen-bond donors (Lipinski definition) is 2. The molecule has 2 N–H and O–H groups in total. The predicted molar refractivity (Wildman–Crippen MR) is 144 cm³/mol. The van der Waals surface area contributed by atoms with Gasteiger partial charge in [0.05, 0.1) is 24.3 Å². The van der Waals surface area contributed by atoms with E-state index in [1.807, 2.05) is 22.6 Å². The molecule has 0 spiro atoms. The Bertz CT molecular complexity index is 1100. The molecular weight excluding hydrogens is 483 g/mol. The first-order chi connectivity index (χ1) is 18.4. The number of carbonyl (C=O) groups is 2. The molecular formula is C29H41FN6O2. The van der Waals surface area contributed by atoms with E-state index >= 15 is 0 Å². The van der Waals surface area contributed by atoms with Gasteiger partial charge in [-0.1, -0.05) is 31.4 Å². The van der Waals surface area contributed by atoms with Crippen LogP contribution in [0.1, 0.15) is 69.2 Å². The molecule has 0 unspecified atom stereocenters. The van der Waals surface area contributed by atoms with Gasteiger partial charge >= 0.3 is 0 Å². The molecule has 9 heteroatoms. The highest BCUT2D eigenvalue weighted by atomic mass is 19.1. The smallest absolute Gasteiger partial charge is 0.246 e. The molecule has 2 aliphatic heterocycles. The second kappa shape index (κ2) is 11.9. The van der Waals surface area contributed by atoms with E-state index in [1.165, 1.54) is 18.6 Å². The van der Waals surface area contributed by atoms with Crippen molar-refractivity contribution in [3.8, 4) is 0 Å². The minimum absolute atomic E-state index is 0.0274. The molecule has 1 aromatic heterocycles. The van der Waals surface area contributed by atoms with Gasteiger partial charge in [0, 0.05) is 25.3 Å². The minimum atomic E-state index is -0.525. The largest absolute Gasteiger partial charge is 0.343 e. The number of nitrogens with one attached hydrogen (secondary N) is 2. The fraction of sp³-hybridized carbons (Fsp3) is 0.621. The highest BCUT2D eigenvalue weighted by molar-refractivity contribution is 5.90. The number of likely N-dealkylation sites (N-methyl/N-ethyl adjacent to an activating group) is 1. The maximum atomic E-state index is 14.4. The van der Waals surface area contributed by atoms with Gasteiger partial charge in [0.15, 0.2) is 0 Å². The summed E-state index contributed by atoms with van der Waals surface area (Å²) in [6.45, 7) is 4.78. The maximum Gasteiger partial charge on any atom is 0.246 e. The molecule has 5 rings (SSSR count). The van der Waals surface area contributed by atoms with E-state index in [0.29, 0.717) is 19.1 Å². The van der Waals surface area contributed by atoms with Gasteiger partial charge in [0.1, 0.15) is 11.9 Å². The average molecular weight is 525 g/mol. The molecule has 206 valence electrons. The van der Waals surface area contributed by atoms with Crippen molar-refractivity contribution in [3.05, 3.63) is 53.6 Å². The van der Waals surface area contributed by atoms with E-state index in [-0.39, 0.29) is 35.6 Å². The van der Waals surface area contributed by atoms with Crippen molar-refractivity contribution >= 4 is 11.8 Å². The van der Waals surface area contributed by atoms with E-state index in [2.05, 4.69) is 20.6 Å². The Morgan fingerprint density at radius 1 is 1.05 bits per heavy atom. The molecule has 0 radical (unpaired) electrons. The highest BCUT2D eigenvalue weighted by Crippen LogP contribution is 2.35. The lowest BCUT2D eigenvalue weighted by Crippen LogP contribution is -2.61. The van der Waals surface area contributed by atoms with Crippen LogP contribution < -0.4 is 10.6 Å². The molecule has 1 aliphatic carbocycles. The standard InChI is InChI=1S/C29H41FN6O2/c1-20(31-2)28(37)33-27(22-7-4-3-5-8-22)29(38)35-18-24-9-6-16-34(24)19-26(35)25-14-15-32-36(25)17-21-10-12-23(30)13-11-21/h10-15,20,22,24,26-27,31H,3-9,16-19H2,1-2H3,(H,33,37)/t20-,24+,26-,27-/m0/s1. The third kappa shape index (κ3) is 5.78. The summed E-state index contributed by atoms with van der Waals surface area (Å²) in [6.07, 6.45) is 9.30. The number of carbonyl (C=O) groups excluding carboxylic acids is 2. The third-order valence-electron chi connectivity index (χ3n) is 8.82. The maximum absolute atomic E-state index is 14.4. The second-order valence-corrected chi connectivity index (χ2v) is 11.2. The van der Waals surface area contributed by atoms with Gasteiger partial charge in [-0.3, -0.25) is 19.2 Å². The van der Waals surface area contributed by atoms with Crippen molar-refractivity contribution in [2.75, 3.05) is 26.7 Å². The van der Waals surface area contributed by atoms with E-state index in [9.17, 15) is 14.0 Å².